The molecular weight excluding hydrogens is 668 g/mol. The molecule has 3 N–H and O–H groups in total. The lowest BCUT2D eigenvalue weighted by Gasteiger charge is -2.58. The molecule has 2 aliphatic carbocycles. The van der Waals surface area contributed by atoms with E-state index >= 15 is 0 Å². The molecule has 2 aromatic carbocycles. The van der Waals surface area contributed by atoms with Gasteiger partial charge in [0.15, 0.2) is 0 Å². The zero-order chi connectivity index (χ0) is 36.9. The third-order valence-corrected chi connectivity index (χ3v) is 14.2. The number of esters is 2. The predicted octanol–water partition coefficient (Wildman–Crippen LogP) is 5.46. The number of benzene rings is 2. The summed E-state index contributed by atoms with van der Waals surface area (Å²) >= 11 is 0. The quantitative estimate of drug-likeness (QED) is 0.184. The van der Waals surface area contributed by atoms with Gasteiger partial charge in [0.2, 0.25) is 0 Å². The second-order valence-electron chi connectivity index (χ2n) is 16.5. The Labute approximate surface area is 310 Å². The molecule has 280 valence electrons. The molecule has 10 atom stereocenters. The van der Waals surface area contributed by atoms with Crippen molar-refractivity contribution in [2.24, 2.45) is 23.7 Å². The van der Waals surface area contributed by atoms with Crippen LogP contribution < -0.4 is 4.74 Å². The number of aliphatic hydroxyl groups is 1. The van der Waals surface area contributed by atoms with Crippen LogP contribution in [-0.4, -0.2) is 103 Å². The lowest BCUT2D eigenvalue weighted by atomic mass is 9.56. The molecule has 1 saturated carbocycles. The lowest BCUT2D eigenvalue weighted by Crippen LogP contribution is -2.68. The molecule has 6 heterocycles. The Kier molecular flexibility index (Phi) is 8.33. The average Bonchev–Trinajstić information content (AvgIpc) is 3.69. The molecule has 53 heavy (non-hydrogen) atoms. The molecule has 0 amide bonds. The number of hydrogen-bond acceptors (Lipinski definition) is 8. The maximum atomic E-state index is 14.2. The van der Waals surface area contributed by atoms with E-state index in [1.54, 1.807) is 7.11 Å². The topological polar surface area (TPSA) is 120 Å². The summed E-state index contributed by atoms with van der Waals surface area (Å²) in [6.07, 6.45) is 5.47. The summed E-state index contributed by atoms with van der Waals surface area (Å²) < 4.78 is 17.6. The van der Waals surface area contributed by atoms with Crippen LogP contribution in [0.3, 0.4) is 0 Å². The van der Waals surface area contributed by atoms with Crippen molar-refractivity contribution >= 4 is 33.7 Å². The van der Waals surface area contributed by atoms with Crippen molar-refractivity contribution in [3.63, 3.8) is 0 Å². The number of nitrogens with one attached hydrogen (secondary N) is 2. The fraction of sp³-hybridized carbons (Fsp3) is 0.535. The van der Waals surface area contributed by atoms with Crippen molar-refractivity contribution in [3.8, 4) is 5.75 Å². The molecule has 0 radical (unpaired) electrons. The summed E-state index contributed by atoms with van der Waals surface area (Å²) in [6.45, 7) is 6.50. The number of nitrogens with zero attached hydrogens (tertiary/aromatic N) is 2. The van der Waals surface area contributed by atoms with Gasteiger partial charge in [0.05, 0.1) is 33.4 Å². The highest BCUT2D eigenvalue weighted by Gasteiger charge is 2.64. The van der Waals surface area contributed by atoms with E-state index < -0.39 is 11.5 Å². The van der Waals surface area contributed by atoms with Crippen LogP contribution in [0.25, 0.3) is 21.8 Å². The number of ether oxygens (including phenoxy) is 3. The van der Waals surface area contributed by atoms with Gasteiger partial charge in [0.25, 0.3) is 0 Å². The Balaban J connectivity index is 1.26. The number of hydrogen-bond donors (Lipinski definition) is 3. The van der Waals surface area contributed by atoms with Gasteiger partial charge in [-0.25, -0.2) is 0 Å². The van der Waals surface area contributed by atoms with Crippen LogP contribution >= 0.6 is 0 Å². The van der Waals surface area contributed by atoms with E-state index in [-0.39, 0.29) is 47.7 Å². The van der Waals surface area contributed by atoms with Crippen LogP contribution in [0.1, 0.15) is 67.1 Å². The molecule has 4 aliphatic heterocycles. The largest absolute Gasteiger partial charge is 0.496 e. The summed E-state index contributed by atoms with van der Waals surface area (Å²) in [4.78, 5) is 40.5. The summed E-state index contributed by atoms with van der Waals surface area (Å²) in [6, 6.07) is 12.7. The fourth-order valence-corrected chi connectivity index (χ4v) is 12.0. The van der Waals surface area contributed by atoms with Crippen LogP contribution in [0.4, 0.5) is 0 Å². The molecule has 10 nitrogen and oxygen atoms in total. The van der Waals surface area contributed by atoms with Crippen LogP contribution in [0.15, 0.2) is 48.0 Å². The van der Waals surface area contributed by atoms with Crippen molar-refractivity contribution < 1.29 is 28.9 Å². The SMILES string of the molecule is C/C=C1/CN(C)[C@@H]2Cc3c([nH]c4ccccc34)[C@@H](c3cc4[nH]c5c(c4cc3OC)CCN3C[C@H]4C[C@H]([C@@H](C)O)[C@H]3[C@@]5(C(=O)OC)C4)C[C@@H]1C2C(=O)OC. The van der Waals surface area contributed by atoms with Gasteiger partial charge >= 0.3 is 11.9 Å². The number of carbonyl (C=O) groups excluding carboxylic acids is 2. The summed E-state index contributed by atoms with van der Waals surface area (Å²) in [5.74, 6) is 0.199. The molecule has 4 aromatic rings. The van der Waals surface area contributed by atoms with Gasteiger partial charge in [0, 0.05) is 82.3 Å². The number of aromatic amines is 2. The maximum Gasteiger partial charge on any atom is 0.319 e. The first-order valence-corrected chi connectivity index (χ1v) is 19.4. The van der Waals surface area contributed by atoms with Crippen LogP contribution in [0.2, 0.25) is 0 Å². The first-order chi connectivity index (χ1) is 25.6. The number of para-hydroxylation sites is 1. The monoisotopic (exact) mass is 720 g/mol. The number of carbonyl (C=O) groups is 2. The predicted molar refractivity (Wildman–Crippen MR) is 203 cm³/mol. The van der Waals surface area contributed by atoms with Gasteiger partial charge in [-0.2, -0.15) is 0 Å². The molecule has 6 aliphatic rings. The van der Waals surface area contributed by atoms with E-state index in [0.29, 0.717) is 25.2 Å². The highest BCUT2D eigenvalue weighted by Crippen LogP contribution is 2.56. The number of fused-ring (bicyclic) bond motifs is 9. The number of likely N-dealkylation sites (tertiary alicyclic amines) is 1. The van der Waals surface area contributed by atoms with E-state index in [2.05, 4.69) is 76.2 Å². The molecule has 6 bridgehead atoms. The smallest absolute Gasteiger partial charge is 0.319 e. The fourth-order valence-electron chi connectivity index (χ4n) is 12.0. The third kappa shape index (κ3) is 4.94. The Morgan fingerprint density at radius 1 is 1.04 bits per heavy atom. The molecule has 3 saturated heterocycles. The number of aromatic nitrogens is 2. The number of aliphatic hydroxyl groups excluding tert-OH is 1. The minimum atomic E-state index is -0.905. The molecule has 10 rings (SSSR count). The zero-order valence-corrected chi connectivity index (χ0v) is 31.7. The lowest BCUT2D eigenvalue weighted by molar-refractivity contribution is -0.166. The van der Waals surface area contributed by atoms with Gasteiger partial charge in [-0.3, -0.25) is 19.4 Å². The van der Waals surface area contributed by atoms with E-state index in [1.165, 1.54) is 30.7 Å². The molecular formula is C43H52N4O6. The third-order valence-electron chi connectivity index (χ3n) is 14.2. The maximum absolute atomic E-state index is 14.2. The Bertz CT molecular complexity index is 2150. The van der Waals surface area contributed by atoms with E-state index in [4.69, 9.17) is 14.2 Å². The second kappa shape index (κ2) is 12.7. The molecule has 4 fully saturated rings. The van der Waals surface area contributed by atoms with Crippen molar-refractivity contribution in [1.82, 2.24) is 19.8 Å². The summed E-state index contributed by atoms with van der Waals surface area (Å²) in [5.41, 5.74) is 7.90. The minimum absolute atomic E-state index is 0.0103. The van der Waals surface area contributed by atoms with Crippen molar-refractivity contribution in [2.45, 2.75) is 75.5 Å². The number of methoxy groups -OCH3 is 3. The van der Waals surface area contributed by atoms with Crippen molar-refractivity contribution in [2.75, 3.05) is 48.0 Å². The number of H-pyrrole nitrogens is 2. The number of likely N-dealkylation sites (N-methyl/N-ethyl adjacent to an activating group) is 1. The zero-order valence-electron chi connectivity index (χ0n) is 31.7. The van der Waals surface area contributed by atoms with Gasteiger partial charge < -0.3 is 29.3 Å². The van der Waals surface area contributed by atoms with Gasteiger partial charge in [-0.1, -0.05) is 29.8 Å². The van der Waals surface area contributed by atoms with Crippen molar-refractivity contribution in [3.05, 3.63) is 76.1 Å². The molecule has 10 heteroatoms. The first-order valence-electron chi connectivity index (χ1n) is 19.4. The highest BCUT2D eigenvalue weighted by atomic mass is 16.5. The Morgan fingerprint density at radius 2 is 1.85 bits per heavy atom. The normalized spacial score (nSPS) is 33.5. The van der Waals surface area contributed by atoms with Gasteiger partial charge in [0.1, 0.15) is 11.2 Å². The number of allylic oxidation sites excluding steroid dienone is 1. The highest BCUT2D eigenvalue weighted by molar-refractivity contribution is 5.93. The van der Waals surface area contributed by atoms with E-state index in [1.807, 2.05) is 6.92 Å². The molecule has 2 aromatic heterocycles. The van der Waals surface area contributed by atoms with Crippen LogP contribution in [0.5, 0.6) is 5.75 Å². The number of rotatable bonds is 5. The average molecular weight is 721 g/mol. The Morgan fingerprint density at radius 3 is 2.58 bits per heavy atom. The summed E-state index contributed by atoms with van der Waals surface area (Å²) in [7, 11) is 6.87. The van der Waals surface area contributed by atoms with E-state index in [9.17, 15) is 14.7 Å². The van der Waals surface area contributed by atoms with Crippen LogP contribution in [0, 0.1) is 23.7 Å². The molecule has 0 spiro atoms. The standard InChI is InChI=1S/C43H52N4O6/c1-7-24-21-46(3)35-17-32-25-10-8-9-11-33(25)44-38(32)31(15-28(24)37(35)41(49)52-5)30-16-34-29(18-36(30)51-4)26-12-13-47-20-23-14-27(22(2)48)40(47)43(19-23,39(26)45-34)42(50)53-6/h7-11,16,18,22-23,27-28,31,35,37,40,44-45,48H,12-15,17,19-21H2,1-6H3/b24-7-/t22-,23+,27-,28+,31-,35-,37?,40+,43-/m1/s1. The minimum Gasteiger partial charge on any atom is -0.496 e. The van der Waals surface area contributed by atoms with Gasteiger partial charge in [-0.05, 0) is 94.2 Å². The van der Waals surface area contributed by atoms with Crippen LogP contribution in [-0.2, 0) is 37.3 Å². The Hall–Kier alpha value is -4.12. The summed E-state index contributed by atoms with van der Waals surface area (Å²) in [5, 5.41) is 13.3. The van der Waals surface area contributed by atoms with E-state index in [0.717, 1.165) is 77.2 Å². The van der Waals surface area contributed by atoms with Gasteiger partial charge in [-0.15, -0.1) is 0 Å². The number of piperidine rings is 3. The first kappa shape index (κ1) is 34.6. The molecule has 2 unspecified atom stereocenters. The second-order valence-corrected chi connectivity index (χ2v) is 16.5. The van der Waals surface area contributed by atoms with Crippen molar-refractivity contribution in [1.29, 1.82) is 0 Å².